The summed E-state index contributed by atoms with van der Waals surface area (Å²) in [7, 11) is 0. The molecule has 0 radical (unpaired) electrons. The van der Waals surface area contributed by atoms with Crippen molar-refractivity contribution in [1.29, 1.82) is 0 Å². The lowest BCUT2D eigenvalue weighted by molar-refractivity contribution is 0.0995. The van der Waals surface area contributed by atoms with Gasteiger partial charge in [0.05, 0.1) is 0 Å². The topological polar surface area (TPSA) is 68.3 Å². The van der Waals surface area contributed by atoms with E-state index in [0.717, 1.165) is 5.76 Å². The van der Waals surface area contributed by atoms with Crippen molar-refractivity contribution in [2.45, 2.75) is 13.3 Å². The van der Waals surface area contributed by atoms with E-state index in [9.17, 15) is 9.18 Å². The van der Waals surface area contributed by atoms with Crippen molar-refractivity contribution in [2.24, 2.45) is 5.73 Å². The molecule has 1 aromatic carbocycles. The first kappa shape index (κ1) is 14.2. The number of hydrogen-bond acceptors (Lipinski definition) is 3. The summed E-state index contributed by atoms with van der Waals surface area (Å²) < 4.78 is 18.8. The number of aryl methyl sites for hydroxylation is 1. The molecule has 0 saturated heterocycles. The van der Waals surface area contributed by atoms with E-state index < -0.39 is 11.7 Å². The summed E-state index contributed by atoms with van der Waals surface area (Å²) in [5.74, 6) is -0.0203. The third-order valence-corrected chi connectivity index (χ3v) is 2.94. The minimum Gasteiger partial charge on any atom is -0.456 e. The summed E-state index contributed by atoms with van der Waals surface area (Å²) in [4.78, 5) is 11.9. The van der Waals surface area contributed by atoms with Gasteiger partial charge in [0.2, 0.25) is 0 Å². The van der Waals surface area contributed by atoms with Crippen LogP contribution in [0.5, 0.6) is 0 Å². The van der Waals surface area contributed by atoms with E-state index in [1.165, 1.54) is 18.2 Å². The first-order valence-corrected chi connectivity index (χ1v) is 6.41. The molecule has 104 valence electrons. The lowest BCUT2D eigenvalue weighted by Gasteiger charge is -2.06. The molecule has 0 bridgehead atoms. The number of amides is 1. The van der Waals surface area contributed by atoms with E-state index in [4.69, 9.17) is 22.4 Å². The number of halogens is 1. The Morgan fingerprint density at radius 3 is 2.75 bits per heavy atom. The van der Waals surface area contributed by atoms with Gasteiger partial charge in [0, 0.05) is 17.7 Å². The Bertz CT molecular complexity index is 667. The van der Waals surface area contributed by atoms with E-state index in [2.05, 4.69) is 5.32 Å². The molecule has 1 heterocycles. The molecular formula is C14H13FN2O2S. The largest absolute Gasteiger partial charge is 0.456 e. The summed E-state index contributed by atoms with van der Waals surface area (Å²) in [5, 5.41) is 2.60. The number of hydrogen-bond donors (Lipinski definition) is 2. The van der Waals surface area contributed by atoms with E-state index in [0.29, 0.717) is 12.1 Å². The van der Waals surface area contributed by atoms with Crippen LogP contribution in [-0.4, -0.2) is 10.9 Å². The van der Waals surface area contributed by atoms with Gasteiger partial charge in [0.25, 0.3) is 5.91 Å². The SMILES string of the molecule is CCc1ccc(C(=O)Nc2ccc(F)c(C(N)=S)c2)o1. The predicted octanol–water partition coefficient (Wildman–Crippen LogP) is 2.87. The highest BCUT2D eigenvalue weighted by Gasteiger charge is 2.12. The number of carbonyl (C=O) groups is 1. The second-order valence-corrected chi connectivity index (χ2v) is 4.57. The summed E-state index contributed by atoms with van der Waals surface area (Å²) >= 11 is 4.74. The third-order valence-electron chi connectivity index (χ3n) is 2.72. The molecular weight excluding hydrogens is 279 g/mol. The molecule has 0 spiro atoms. The second-order valence-electron chi connectivity index (χ2n) is 4.13. The van der Waals surface area contributed by atoms with Gasteiger partial charge in [0.15, 0.2) is 5.76 Å². The van der Waals surface area contributed by atoms with E-state index >= 15 is 0 Å². The van der Waals surface area contributed by atoms with E-state index in [-0.39, 0.29) is 16.3 Å². The average Bonchev–Trinajstić information content (AvgIpc) is 2.89. The van der Waals surface area contributed by atoms with Gasteiger partial charge in [-0.25, -0.2) is 4.39 Å². The van der Waals surface area contributed by atoms with Crippen LogP contribution in [0.15, 0.2) is 34.7 Å². The highest BCUT2D eigenvalue weighted by atomic mass is 32.1. The number of anilines is 1. The lowest BCUT2D eigenvalue weighted by Crippen LogP contribution is -2.14. The van der Waals surface area contributed by atoms with Crippen molar-refractivity contribution in [3.05, 3.63) is 53.2 Å². The van der Waals surface area contributed by atoms with Crippen LogP contribution in [0.25, 0.3) is 0 Å². The molecule has 0 saturated carbocycles. The smallest absolute Gasteiger partial charge is 0.291 e. The minimum absolute atomic E-state index is 0.0649. The van der Waals surface area contributed by atoms with E-state index in [1.807, 2.05) is 6.92 Å². The molecule has 6 heteroatoms. The van der Waals surface area contributed by atoms with Crippen LogP contribution in [0.1, 0.15) is 28.8 Å². The summed E-state index contributed by atoms with van der Waals surface area (Å²) in [6.45, 7) is 1.93. The highest BCUT2D eigenvalue weighted by Crippen LogP contribution is 2.17. The Morgan fingerprint density at radius 1 is 1.40 bits per heavy atom. The fourth-order valence-electron chi connectivity index (χ4n) is 1.67. The van der Waals surface area contributed by atoms with Gasteiger partial charge in [-0.2, -0.15) is 0 Å². The molecule has 0 aliphatic carbocycles. The molecule has 0 fully saturated rings. The van der Waals surface area contributed by atoms with Crippen molar-refractivity contribution >= 4 is 28.8 Å². The van der Waals surface area contributed by atoms with Gasteiger partial charge >= 0.3 is 0 Å². The maximum absolute atomic E-state index is 13.4. The number of nitrogens with two attached hydrogens (primary N) is 1. The maximum Gasteiger partial charge on any atom is 0.291 e. The molecule has 1 aromatic heterocycles. The molecule has 2 rings (SSSR count). The first-order chi connectivity index (χ1) is 9.51. The van der Waals surface area contributed by atoms with Crippen molar-refractivity contribution in [1.82, 2.24) is 0 Å². The normalized spacial score (nSPS) is 10.3. The molecule has 0 aliphatic heterocycles. The second kappa shape index (κ2) is 5.83. The Hall–Kier alpha value is -2.21. The van der Waals surface area contributed by atoms with Crippen LogP contribution in [0, 0.1) is 5.82 Å². The standard InChI is InChI=1S/C14H13FN2O2S/c1-2-9-4-6-12(19-9)14(18)17-8-3-5-11(15)10(7-8)13(16)20/h3-7H,2H2,1H3,(H2,16,20)(H,17,18). The number of thiocarbonyl (C=S) groups is 1. The van der Waals surface area contributed by atoms with Crippen LogP contribution in [0.4, 0.5) is 10.1 Å². The number of nitrogens with one attached hydrogen (secondary N) is 1. The monoisotopic (exact) mass is 292 g/mol. The molecule has 0 atom stereocenters. The Morgan fingerprint density at radius 2 is 2.15 bits per heavy atom. The van der Waals surface area contributed by atoms with Crippen molar-refractivity contribution in [3.8, 4) is 0 Å². The fourth-order valence-corrected chi connectivity index (χ4v) is 1.83. The summed E-state index contributed by atoms with van der Waals surface area (Å²) in [5.41, 5.74) is 5.89. The fraction of sp³-hybridized carbons (Fsp3) is 0.143. The maximum atomic E-state index is 13.4. The number of benzene rings is 1. The molecule has 1 amide bonds. The molecule has 20 heavy (non-hydrogen) atoms. The Kier molecular flexibility index (Phi) is 4.14. The molecule has 2 aromatic rings. The van der Waals surface area contributed by atoms with Crippen LogP contribution >= 0.6 is 12.2 Å². The van der Waals surface area contributed by atoms with Crippen molar-refractivity contribution in [2.75, 3.05) is 5.32 Å². The molecule has 0 unspecified atom stereocenters. The first-order valence-electron chi connectivity index (χ1n) is 6.00. The predicted molar refractivity (Wildman–Crippen MR) is 78.3 cm³/mol. The third kappa shape index (κ3) is 3.03. The highest BCUT2D eigenvalue weighted by molar-refractivity contribution is 7.80. The van der Waals surface area contributed by atoms with Crippen LogP contribution < -0.4 is 11.1 Å². The van der Waals surface area contributed by atoms with Gasteiger partial charge in [-0.3, -0.25) is 4.79 Å². The van der Waals surface area contributed by atoms with E-state index in [1.54, 1.807) is 12.1 Å². The molecule has 4 nitrogen and oxygen atoms in total. The molecule has 3 N–H and O–H groups in total. The van der Waals surface area contributed by atoms with Gasteiger partial charge in [-0.15, -0.1) is 0 Å². The number of carbonyl (C=O) groups excluding carboxylic acids is 1. The van der Waals surface area contributed by atoms with Gasteiger partial charge in [0.1, 0.15) is 16.6 Å². The number of rotatable bonds is 4. The van der Waals surface area contributed by atoms with Crippen LogP contribution in [-0.2, 0) is 6.42 Å². The van der Waals surface area contributed by atoms with Crippen LogP contribution in [0.2, 0.25) is 0 Å². The summed E-state index contributed by atoms with van der Waals surface area (Å²) in [6, 6.07) is 7.34. The van der Waals surface area contributed by atoms with Gasteiger partial charge in [-0.05, 0) is 30.3 Å². The minimum atomic E-state index is -0.526. The zero-order chi connectivity index (χ0) is 14.7. The zero-order valence-electron chi connectivity index (χ0n) is 10.8. The molecule has 0 aliphatic rings. The van der Waals surface area contributed by atoms with Gasteiger partial charge in [-0.1, -0.05) is 19.1 Å². The Balaban J connectivity index is 2.19. The zero-order valence-corrected chi connectivity index (χ0v) is 11.6. The average molecular weight is 292 g/mol. The summed E-state index contributed by atoms with van der Waals surface area (Å²) in [6.07, 6.45) is 0.704. The lowest BCUT2D eigenvalue weighted by atomic mass is 10.2. The number of furan rings is 1. The Labute approximate surface area is 120 Å². The van der Waals surface area contributed by atoms with Crippen LogP contribution in [0.3, 0.4) is 0 Å². The quantitative estimate of drug-likeness (QED) is 0.850. The van der Waals surface area contributed by atoms with Crippen molar-refractivity contribution < 1.29 is 13.6 Å². The van der Waals surface area contributed by atoms with Crippen molar-refractivity contribution in [3.63, 3.8) is 0 Å². The van der Waals surface area contributed by atoms with Gasteiger partial charge < -0.3 is 15.5 Å².